The van der Waals surface area contributed by atoms with E-state index in [0.717, 1.165) is 4.90 Å². The van der Waals surface area contributed by atoms with Gasteiger partial charge in [-0.05, 0) is 39.7 Å². The van der Waals surface area contributed by atoms with Crippen LogP contribution in [0.15, 0.2) is 35.4 Å². The van der Waals surface area contributed by atoms with Gasteiger partial charge in [-0.3, -0.25) is 4.79 Å². The Morgan fingerprint density at radius 3 is 2.44 bits per heavy atom. The summed E-state index contributed by atoms with van der Waals surface area (Å²) in [4.78, 5) is 29.5. The zero-order valence-electron chi connectivity index (χ0n) is 20.1. The third kappa shape index (κ3) is 4.26. The normalized spacial score (nSPS) is 24.2. The van der Waals surface area contributed by atoms with Crippen molar-refractivity contribution < 1.29 is 54.1 Å². The standard InChI is InChI=1S/C23H28N2O11/c1-23(2,3)36-22(32)25-12-9-14(33-4)13(26)8-10(12)18(30)24-7-5-6-11(24)19(25)34-21-17(29)15(27)16(28)20(31)35-21/h8-9,11,19,21,26-29,31H,5-7H2,1-4H3/t11-,19-,21?/m0/s1. The molecule has 1 aromatic carbocycles. The van der Waals surface area contributed by atoms with E-state index >= 15 is 0 Å². The summed E-state index contributed by atoms with van der Waals surface area (Å²) in [6, 6.07) is 1.69. The minimum absolute atomic E-state index is 0.00517. The van der Waals surface area contributed by atoms with Gasteiger partial charge in [-0.25, -0.2) is 9.69 Å². The Bertz CT molecular complexity index is 1150. The molecule has 3 heterocycles. The molecule has 1 aromatic rings. The molecule has 3 aliphatic rings. The molecule has 3 atom stereocenters. The smallest absolute Gasteiger partial charge is 0.417 e. The first-order valence-corrected chi connectivity index (χ1v) is 11.1. The van der Waals surface area contributed by atoms with Crippen molar-refractivity contribution in [2.24, 2.45) is 0 Å². The summed E-state index contributed by atoms with van der Waals surface area (Å²) >= 11 is 0. The SMILES string of the molecule is COc1cc2c(cc1O)C(=O)N1CCC[C@H]1[C@H](OC1OC(O)=C(O)C(O)=C1O)N2C(=O)OC(C)(C)C. The lowest BCUT2D eigenvalue weighted by Crippen LogP contribution is -2.55. The number of anilines is 1. The Labute approximate surface area is 206 Å². The quantitative estimate of drug-likeness (QED) is 0.405. The van der Waals surface area contributed by atoms with Crippen LogP contribution in [0.4, 0.5) is 10.5 Å². The molecule has 4 rings (SSSR count). The molecule has 0 radical (unpaired) electrons. The summed E-state index contributed by atoms with van der Waals surface area (Å²) in [6.07, 6.45) is -3.21. The molecular weight excluding hydrogens is 480 g/mol. The molecule has 13 nitrogen and oxygen atoms in total. The Morgan fingerprint density at radius 2 is 1.81 bits per heavy atom. The summed E-state index contributed by atoms with van der Waals surface area (Å²) < 4.78 is 21.7. The average Bonchev–Trinajstić information content (AvgIpc) is 3.26. The van der Waals surface area contributed by atoms with Crippen molar-refractivity contribution in [3.05, 3.63) is 40.9 Å². The second-order valence-electron chi connectivity index (χ2n) is 9.46. The lowest BCUT2D eigenvalue weighted by Gasteiger charge is -2.38. The van der Waals surface area contributed by atoms with Crippen LogP contribution >= 0.6 is 0 Å². The second kappa shape index (κ2) is 8.90. The molecule has 1 saturated heterocycles. The predicted octanol–water partition coefficient (Wildman–Crippen LogP) is 3.07. The molecule has 36 heavy (non-hydrogen) atoms. The maximum absolute atomic E-state index is 13.6. The summed E-state index contributed by atoms with van der Waals surface area (Å²) in [5.74, 6) is -5.09. The molecule has 1 unspecified atom stereocenters. The summed E-state index contributed by atoms with van der Waals surface area (Å²) in [5, 5.41) is 50.2. The first-order chi connectivity index (χ1) is 16.8. The van der Waals surface area contributed by atoms with Gasteiger partial charge in [0.15, 0.2) is 17.7 Å². The van der Waals surface area contributed by atoms with E-state index in [-0.39, 0.29) is 22.7 Å². The highest BCUT2D eigenvalue weighted by Gasteiger charge is 2.49. The number of hydrogen-bond acceptors (Lipinski definition) is 11. The van der Waals surface area contributed by atoms with E-state index in [1.54, 1.807) is 20.8 Å². The van der Waals surface area contributed by atoms with Crippen LogP contribution in [0.5, 0.6) is 11.5 Å². The number of methoxy groups -OCH3 is 1. The highest BCUT2D eigenvalue weighted by Crippen LogP contribution is 2.42. The minimum atomic E-state index is -1.85. The molecule has 13 heteroatoms. The molecule has 0 saturated carbocycles. The van der Waals surface area contributed by atoms with Crippen molar-refractivity contribution >= 4 is 17.7 Å². The Balaban J connectivity index is 1.88. The number of aliphatic hydroxyl groups excluding tert-OH is 4. The highest BCUT2D eigenvalue weighted by molar-refractivity contribution is 6.06. The van der Waals surface area contributed by atoms with Crippen molar-refractivity contribution in [1.29, 1.82) is 0 Å². The van der Waals surface area contributed by atoms with Gasteiger partial charge < -0.3 is 49.4 Å². The predicted molar refractivity (Wildman–Crippen MR) is 122 cm³/mol. The molecule has 196 valence electrons. The van der Waals surface area contributed by atoms with Crippen LogP contribution in [-0.4, -0.2) is 80.2 Å². The van der Waals surface area contributed by atoms with E-state index in [9.17, 15) is 35.1 Å². The van der Waals surface area contributed by atoms with Gasteiger partial charge >= 0.3 is 12.0 Å². The zero-order chi connectivity index (χ0) is 26.5. The largest absolute Gasteiger partial charge is 0.504 e. The van der Waals surface area contributed by atoms with Gasteiger partial charge in [-0.1, -0.05) is 0 Å². The average molecular weight is 508 g/mol. The van der Waals surface area contributed by atoms with Crippen molar-refractivity contribution in [2.75, 3.05) is 18.6 Å². The van der Waals surface area contributed by atoms with Crippen LogP contribution in [0, 0.1) is 0 Å². The molecular formula is C23H28N2O11. The molecule has 5 N–H and O–H groups in total. The van der Waals surface area contributed by atoms with Gasteiger partial charge in [-0.2, -0.15) is 0 Å². The number of benzene rings is 1. The molecule has 3 aliphatic heterocycles. The summed E-state index contributed by atoms with van der Waals surface area (Å²) in [6.45, 7) is 5.24. The van der Waals surface area contributed by atoms with Crippen molar-refractivity contribution in [2.45, 2.75) is 57.8 Å². The number of carbonyl (C=O) groups is 2. The Kier molecular flexibility index (Phi) is 6.20. The first kappa shape index (κ1) is 25.1. The fourth-order valence-corrected chi connectivity index (χ4v) is 4.33. The van der Waals surface area contributed by atoms with Gasteiger partial charge in [0.25, 0.3) is 12.2 Å². The topological polar surface area (TPSA) is 179 Å². The fourth-order valence-electron chi connectivity index (χ4n) is 4.33. The molecule has 0 aromatic heterocycles. The van der Waals surface area contributed by atoms with Crippen molar-refractivity contribution in [1.82, 2.24) is 4.90 Å². The van der Waals surface area contributed by atoms with E-state index in [2.05, 4.69) is 0 Å². The lowest BCUT2D eigenvalue weighted by atomic mass is 10.1. The van der Waals surface area contributed by atoms with Crippen LogP contribution in [0.25, 0.3) is 0 Å². The molecule has 1 fully saturated rings. The Morgan fingerprint density at radius 1 is 1.11 bits per heavy atom. The number of ether oxygens (including phenoxy) is 4. The second-order valence-corrected chi connectivity index (χ2v) is 9.46. The third-order valence-electron chi connectivity index (χ3n) is 5.90. The molecule has 0 bridgehead atoms. The number of nitrogens with zero attached hydrogens (tertiary/aromatic N) is 2. The van der Waals surface area contributed by atoms with Gasteiger partial charge in [-0.15, -0.1) is 0 Å². The number of fused-ring (bicyclic) bond motifs is 2. The number of amides is 2. The van der Waals surface area contributed by atoms with Crippen LogP contribution in [0.1, 0.15) is 44.0 Å². The van der Waals surface area contributed by atoms with Gasteiger partial charge in [0.05, 0.1) is 24.4 Å². The zero-order valence-corrected chi connectivity index (χ0v) is 20.1. The van der Waals surface area contributed by atoms with E-state index in [4.69, 9.17) is 18.9 Å². The number of aromatic hydroxyl groups is 1. The fraction of sp³-hybridized carbons (Fsp3) is 0.478. The molecule has 2 amide bonds. The van der Waals surface area contributed by atoms with Gasteiger partial charge in [0.1, 0.15) is 5.60 Å². The van der Waals surface area contributed by atoms with Crippen molar-refractivity contribution in [3.8, 4) is 11.5 Å². The van der Waals surface area contributed by atoms with Crippen LogP contribution in [-0.2, 0) is 14.2 Å². The third-order valence-corrected chi connectivity index (χ3v) is 5.90. The van der Waals surface area contributed by atoms with E-state index in [1.165, 1.54) is 24.1 Å². The van der Waals surface area contributed by atoms with Crippen LogP contribution < -0.4 is 9.64 Å². The van der Waals surface area contributed by atoms with E-state index in [0.29, 0.717) is 19.4 Å². The van der Waals surface area contributed by atoms with Crippen molar-refractivity contribution in [3.63, 3.8) is 0 Å². The Hall–Kier alpha value is -4.00. The first-order valence-electron chi connectivity index (χ1n) is 11.1. The summed E-state index contributed by atoms with van der Waals surface area (Å²) in [7, 11) is 1.30. The van der Waals surface area contributed by atoms with Gasteiger partial charge in [0, 0.05) is 12.6 Å². The van der Waals surface area contributed by atoms with Crippen LogP contribution in [0.2, 0.25) is 0 Å². The van der Waals surface area contributed by atoms with E-state index in [1.807, 2.05) is 0 Å². The number of aliphatic hydroxyl groups is 4. The highest BCUT2D eigenvalue weighted by atomic mass is 16.7. The number of carbonyl (C=O) groups excluding carboxylic acids is 2. The van der Waals surface area contributed by atoms with Crippen LogP contribution in [0.3, 0.4) is 0 Å². The number of hydrogen-bond donors (Lipinski definition) is 5. The minimum Gasteiger partial charge on any atom is -0.504 e. The summed E-state index contributed by atoms with van der Waals surface area (Å²) in [5.41, 5.74) is -0.984. The molecule has 0 aliphatic carbocycles. The monoisotopic (exact) mass is 508 g/mol. The maximum atomic E-state index is 13.6. The maximum Gasteiger partial charge on any atom is 0.417 e. The van der Waals surface area contributed by atoms with Gasteiger partial charge in [0.2, 0.25) is 17.3 Å². The van der Waals surface area contributed by atoms with E-state index < -0.39 is 59.4 Å². The number of phenols is 1. The molecule has 0 spiro atoms. The number of rotatable bonds is 3. The number of phenolic OH excluding ortho intramolecular Hbond substituents is 1. The lowest BCUT2D eigenvalue weighted by molar-refractivity contribution is -0.181.